The van der Waals surface area contributed by atoms with E-state index in [0.29, 0.717) is 32.7 Å². The standard InChI is InChI=1S/C23H26ClFN2O5S2/c1-2-30-10-11-31-14-18(9-8-17-6-4-3-5-7-17)32-21-13-20(25)22(12-19(21)24)34(28,29)27-23-15-33-16-26-23/h3-7,12-13,15-16,18,27H,2,8-11,14H2,1H3. The van der Waals surface area contributed by atoms with Crippen LogP contribution in [-0.4, -0.2) is 45.9 Å². The van der Waals surface area contributed by atoms with Crippen molar-refractivity contribution in [3.05, 3.63) is 69.8 Å². The summed E-state index contributed by atoms with van der Waals surface area (Å²) in [5, 5.41) is 1.47. The summed E-state index contributed by atoms with van der Waals surface area (Å²) in [6.07, 6.45) is 0.862. The number of ether oxygens (including phenoxy) is 3. The van der Waals surface area contributed by atoms with Crippen LogP contribution >= 0.6 is 22.9 Å². The van der Waals surface area contributed by atoms with Crippen molar-refractivity contribution in [1.82, 2.24) is 4.98 Å². The van der Waals surface area contributed by atoms with Gasteiger partial charge in [-0.25, -0.2) is 17.8 Å². The lowest BCUT2D eigenvalue weighted by Gasteiger charge is -2.21. The van der Waals surface area contributed by atoms with Crippen LogP contribution in [0, 0.1) is 5.82 Å². The molecular weight excluding hydrogens is 503 g/mol. The van der Waals surface area contributed by atoms with E-state index in [1.54, 1.807) is 0 Å². The first-order chi connectivity index (χ1) is 16.4. The molecule has 0 bridgehead atoms. The molecule has 1 unspecified atom stereocenters. The highest BCUT2D eigenvalue weighted by Gasteiger charge is 2.24. The molecule has 1 atom stereocenters. The number of nitrogens with one attached hydrogen (secondary N) is 1. The summed E-state index contributed by atoms with van der Waals surface area (Å²) in [6, 6.07) is 11.9. The molecule has 1 heterocycles. The molecule has 34 heavy (non-hydrogen) atoms. The third-order valence-corrected chi connectivity index (χ3v) is 6.97. The van der Waals surface area contributed by atoms with Crippen molar-refractivity contribution in [2.24, 2.45) is 0 Å². The van der Waals surface area contributed by atoms with Gasteiger partial charge in [0, 0.05) is 18.1 Å². The van der Waals surface area contributed by atoms with Gasteiger partial charge in [-0.05, 0) is 31.4 Å². The molecule has 2 aromatic carbocycles. The Balaban J connectivity index is 1.72. The van der Waals surface area contributed by atoms with Gasteiger partial charge in [0.1, 0.15) is 22.6 Å². The second-order valence-electron chi connectivity index (χ2n) is 7.23. The van der Waals surface area contributed by atoms with Crippen molar-refractivity contribution in [1.29, 1.82) is 0 Å². The SMILES string of the molecule is CCOCCOCC(CCc1ccccc1)Oc1cc(F)c(S(=O)(=O)Nc2cscn2)cc1Cl. The van der Waals surface area contributed by atoms with Crippen LogP contribution in [-0.2, 0) is 25.9 Å². The van der Waals surface area contributed by atoms with Gasteiger partial charge in [0.05, 0.1) is 30.4 Å². The molecule has 11 heteroatoms. The van der Waals surface area contributed by atoms with Crippen LogP contribution in [0.5, 0.6) is 5.75 Å². The molecule has 3 rings (SSSR count). The molecule has 184 valence electrons. The fourth-order valence-electron chi connectivity index (χ4n) is 3.07. The zero-order chi connectivity index (χ0) is 24.4. The summed E-state index contributed by atoms with van der Waals surface area (Å²) in [5.74, 6) is -0.842. The number of thiazole rings is 1. The lowest BCUT2D eigenvalue weighted by molar-refractivity contribution is 0.0119. The van der Waals surface area contributed by atoms with E-state index >= 15 is 0 Å². The lowest BCUT2D eigenvalue weighted by Crippen LogP contribution is -2.25. The average molecular weight is 529 g/mol. The maximum atomic E-state index is 14.8. The average Bonchev–Trinajstić information content (AvgIpc) is 3.32. The molecule has 0 aliphatic heterocycles. The number of anilines is 1. The molecule has 0 aliphatic rings. The monoisotopic (exact) mass is 528 g/mol. The van der Waals surface area contributed by atoms with E-state index < -0.39 is 26.8 Å². The van der Waals surface area contributed by atoms with Crippen LogP contribution in [0.3, 0.4) is 0 Å². The second-order valence-corrected chi connectivity index (χ2v) is 10.0. The highest BCUT2D eigenvalue weighted by Crippen LogP contribution is 2.32. The fourth-order valence-corrected chi connectivity index (χ4v) is 4.98. The van der Waals surface area contributed by atoms with E-state index in [0.717, 1.165) is 17.7 Å². The minimum atomic E-state index is -4.21. The van der Waals surface area contributed by atoms with Crippen molar-refractivity contribution < 1.29 is 27.0 Å². The summed E-state index contributed by atoms with van der Waals surface area (Å²) in [4.78, 5) is 3.26. The third kappa shape index (κ3) is 7.92. The quantitative estimate of drug-likeness (QED) is 0.290. The van der Waals surface area contributed by atoms with E-state index in [9.17, 15) is 12.8 Å². The van der Waals surface area contributed by atoms with Gasteiger partial charge < -0.3 is 14.2 Å². The van der Waals surface area contributed by atoms with Crippen LogP contribution in [0.4, 0.5) is 10.2 Å². The topological polar surface area (TPSA) is 86.8 Å². The highest BCUT2D eigenvalue weighted by atomic mass is 35.5. The first kappa shape index (κ1) is 26.4. The molecule has 0 fully saturated rings. The van der Waals surface area contributed by atoms with Gasteiger partial charge in [-0.1, -0.05) is 41.9 Å². The van der Waals surface area contributed by atoms with Crippen LogP contribution in [0.25, 0.3) is 0 Å². The number of sulfonamides is 1. The van der Waals surface area contributed by atoms with Gasteiger partial charge in [-0.3, -0.25) is 4.72 Å². The molecule has 0 saturated carbocycles. The lowest BCUT2D eigenvalue weighted by atomic mass is 10.1. The predicted molar refractivity (Wildman–Crippen MR) is 131 cm³/mol. The maximum Gasteiger partial charge on any atom is 0.266 e. The number of nitrogens with zero attached hydrogens (tertiary/aromatic N) is 1. The summed E-state index contributed by atoms with van der Waals surface area (Å²) in [5.41, 5.74) is 2.58. The summed E-state index contributed by atoms with van der Waals surface area (Å²) >= 11 is 7.50. The Morgan fingerprint density at radius 3 is 2.65 bits per heavy atom. The summed E-state index contributed by atoms with van der Waals surface area (Å²) in [7, 11) is -4.21. The van der Waals surface area contributed by atoms with Gasteiger partial charge in [0.2, 0.25) is 0 Å². The largest absolute Gasteiger partial charge is 0.486 e. The van der Waals surface area contributed by atoms with E-state index in [2.05, 4.69) is 9.71 Å². The number of halogens is 2. The Hall–Kier alpha value is -2.24. The Bertz CT molecular complexity index is 1130. The second kappa shape index (κ2) is 13.0. The Kier molecular flexibility index (Phi) is 10.1. The van der Waals surface area contributed by atoms with Crippen LogP contribution in [0.15, 0.2) is 58.3 Å². The van der Waals surface area contributed by atoms with Crippen molar-refractivity contribution in [2.45, 2.75) is 30.8 Å². The number of rotatable bonds is 14. The number of hydrogen-bond acceptors (Lipinski definition) is 7. The number of aromatic nitrogens is 1. The van der Waals surface area contributed by atoms with Crippen molar-refractivity contribution in [3.8, 4) is 5.75 Å². The van der Waals surface area contributed by atoms with Crippen molar-refractivity contribution >= 4 is 38.8 Å². The van der Waals surface area contributed by atoms with Crippen LogP contribution in [0.1, 0.15) is 18.9 Å². The normalized spacial score (nSPS) is 12.4. The van der Waals surface area contributed by atoms with E-state index in [1.807, 2.05) is 37.3 Å². The molecule has 0 saturated heterocycles. The maximum absolute atomic E-state index is 14.8. The van der Waals surface area contributed by atoms with Gasteiger partial charge in [0.15, 0.2) is 5.82 Å². The highest BCUT2D eigenvalue weighted by molar-refractivity contribution is 7.92. The zero-order valence-corrected chi connectivity index (χ0v) is 21.0. The Labute approximate surface area is 207 Å². The zero-order valence-electron chi connectivity index (χ0n) is 18.6. The first-order valence-corrected chi connectivity index (χ1v) is 13.5. The van der Waals surface area contributed by atoms with Crippen molar-refractivity contribution in [3.63, 3.8) is 0 Å². The molecule has 3 aromatic rings. The molecule has 7 nitrogen and oxygen atoms in total. The van der Waals surface area contributed by atoms with E-state index in [-0.39, 0.29) is 23.2 Å². The van der Waals surface area contributed by atoms with Gasteiger partial charge in [-0.2, -0.15) is 0 Å². The van der Waals surface area contributed by atoms with Crippen LogP contribution < -0.4 is 9.46 Å². The molecular formula is C23H26ClFN2O5S2. The molecule has 0 aliphatic carbocycles. The molecule has 0 spiro atoms. The number of aryl methyl sites for hydroxylation is 1. The smallest absolute Gasteiger partial charge is 0.266 e. The Morgan fingerprint density at radius 2 is 1.94 bits per heavy atom. The first-order valence-electron chi connectivity index (χ1n) is 10.6. The Morgan fingerprint density at radius 1 is 1.18 bits per heavy atom. The van der Waals surface area contributed by atoms with E-state index in [4.69, 9.17) is 25.8 Å². The summed E-state index contributed by atoms with van der Waals surface area (Å²) < 4.78 is 59.1. The van der Waals surface area contributed by atoms with Crippen molar-refractivity contribution in [2.75, 3.05) is 31.1 Å². The summed E-state index contributed by atoms with van der Waals surface area (Å²) in [6.45, 7) is 3.58. The van der Waals surface area contributed by atoms with Crippen LogP contribution in [0.2, 0.25) is 5.02 Å². The minimum absolute atomic E-state index is 0.0286. The third-order valence-electron chi connectivity index (χ3n) is 4.72. The molecule has 1 aromatic heterocycles. The van der Waals surface area contributed by atoms with Gasteiger partial charge >= 0.3 is 0 Å². The minimum Gasteiger partial charge on any atom is -0.486 e. The number of benzene rings is 2. The van der Waals surface area contributed by atoms with Gasteiger partial charge in [-0.15, -0.1) is 11.3 Å². The fraction of sp³-hybridized carbons (Fsp3) is 0.348. The molecule has 0 radical (unpaired) electrons. The van der Waals surface area contributed by atoms with E-state index in [1.165, 1.54) is 22.2 Å². The van der Waals surface area contributed by atoms with Gasteiger partial charge in [0.25, 0.3) is 10.0 Å². The molecule has 0 amide bonds. The molecule has 1 N–H and O–H groups in total. The predicted octanol–water partition coefficient (Wildman–Crippen LogP) is 5.17. The number of hydrogen-bond donors (Lipinski definition) is 1.